The minimum atomic E-state index is 0.631. The maximum atomic E-state index is 5.57. The molecule has 3 nitrogen and oxygen atoms in total. The van der Waals surface area contributed by atoms with E-state index in [0.717, 1.165) is 11.4 Å². The molecule has 0 saturated heterocycles. The van der Waals surface area contributed by atoms with Gasteiger partial charge in [-0.15, -0.1) is 0 Å². The Hall–Kier alpha value is -1.12. The molecule has 0 amide bonds. The van der Waals surface area contributed by atoms with Crippen LogP contribution in [0, 0.1) is 0 Å². The van der Waals surface area contributed by atoms with Crippen molar-refractivity contribution in [3.05, 3.63) is 18.0 Å². The summed E-state index contributed by atoms with van der Waals surface area (Å²) in [7, 11) is 0. The molecule has 2 N–H and O–H groups in total. The molecule has 1 fully saturated rings. The molecule has 3 heteroatoms. The zero-order chi connectivity index (χ0) is 7.68. The summed E-state index contributed by atoms with van der Waals surface area (Å²) in [5.74, 6) is 0.631. The molecule has 0 radical (unpaired) electrons. The summed E-state index contributed by atoms with van der Waals surface area (Å²) in [4.78, 5) is 0. The summed E-state index contributed by atoms with van der Waals surface area (Å²) < 4.78 is 0. The average molecular weight is 149 g/mol. The van der Waals surface area contributed by atoms with E-state index in [4.69, 9.17) is 5.73 Å². The van der Waals surface area contributed by atoms with Crippen molar-refractivity contribution < 1.29 is 0 Å². The molecule has 0 unspecified atom stereocenters. The molecule has 0 bridgehead atoms. The van der Waals surface area contributed by atoms with Crippen LogP contribution in [0.2, 0.25) is 0 Å². The Labute approximate surface area is 65.6 Å². The zero-order valence-corrected chi connectivity index (χ0v) is 6.33. The van der Waals surface area contributed by atoms with Crippen molar-refractivity contribution in [3.8, 4) is 0 Å². The van der Waals surface area contributed by atoms with Crippen molar-refractivity contribution in [3.63, 3.8) is 0 Å². The summed E-state index contributed by atoms with van der Waals surface area (Å²) in [6.07, 6.45) is 5.40. The molecule has 11 heavy (non-hydrogen) atoms. The monoisotopic (exact) mass is 149 g/mol. The molecular weight excluding hydrogens is 138 g/mol. The number of rotatable bonds is 1. The van der Waals surface area contributed by atoms with E-state index < -0.39 is 0 Å². The van der Waals surface area contributed by atoms with Crippen LogP contribution in [-0.2, 0) is 0 Å². The Kier molecular flexibility index (Phi) is 1.49. The number of nitrogens with zero attached hydrogens (tertiary/aromatic N) is 2. The van der Waals surface area contributed by atoms with Gasteiger partial charge in [-0.05, 0) is 18.9 Å². The molecule has 1 aromatic heterocycles. The Morgan fingerprint density at radius 1 is 1.45 bits per heavy atom. The van der Waals surface area contributed by atoms with Crippen LogP contribution in [0.25, 0.3) is 0 Å². The molecule has 0 aliphatic heterocycles. The number of hydrogen-bond donors (Lipinski definition) is 1. The van der Waals surface area contributed by atoms with E-state index in [0.29, 0.717) is 5.92 Å². The Morgan fingerprint density at radius 3 is 2.82 bits per heavy atom. The van der Waals surface area contributed by atoms with Crippen molar-refractivity contribution in [1.29, 1.82) is 0 Å². The Bertz CT molecular complexity index is 255. The first-order chi connectivity index (χ1) is 5.36. The van der Waals surface area contributed by atoms with Crippen LogP contribution in [0.4, 0.5) is 5.69 Å². The molecule has 0 spiro atoms. The van der Waals surface area contributed by atoms with Crippen LogP contribution in [0.15, 0.2) is 12.3 Å². The van der Waals surface area contributed by atoms with Gasteiger partial charge in [-0.25, -0.2) is 0 Å². The third-order valence-electron chi connectivity index (χ3n) is 2.22. The third-order valence-corrected chi connectivity index (χ3v) is 2.22. The molecular formula is C8H11N3. The lowest BCUT2D eigenvalue weighted by molar-refractivity contribution is 0.408. The topological polar surface area (TPSA) is 51.8 Å². The number of hydrogen-bond acceptors (Lipinski definition) is 3. The molecule has 1 heterocycles. The summed E-state index contributed by atoms with van der Waals surface area (Å²) in [5.41, 5.74) is 7.36. The van der Waals surface area contributed by atoms with E-state index in [2.05, 4.69) is 10.2 Å². The number of anilines is 1. The molecule has 2 rings (SSSR count). The van der Waals surface area contributed by atoms with Gasteiger partial charge in [0, 0.05) is 5.92 Å². The number of aromatic nitrogens is 2. The van der Waals surface area contributed by atoms with Gasteiger partial charge in [-0.1, -0.05) is 6.42 Å². The molecule has 1 aromatic rings. The standard InChI is InChI=1S/C8H11N3/c9-7-4-8(11-10-5-7)6-2-1-3-6/h4-6H,1-3H2,(H2,9,11). The SMILES string of the molecule is Nc1cnnc(C2CCC2)c1. The van der Waals surface area contributed by atoms with Gasteiger partial charge in [-0.2, -0.15) is 10.2 Å². The van der Waals surface area contributed by atoms with Crippen LogP contribution in [-0.4, -0.2) is 10.2 Å². The second-order valence-electron chi connectivity index (χ2n) is 3.04. The largest absolute Gasteiger partial charge is 0.397 e. The van der Waals surface area contributed by atoms with Gasteiger partial charge in [0.1, 0.15) is 0 Å². The lowest BCUT2D eigenvalue weighted by Gasteiger charge is -2.23. The van der Waals surface area contributed by atoms with Crippen LogP contribution >= 0.6 is 0 Å². The number of nitrogen functional groups attached to an aromatic ring is 1. The number of nitrogens with two attached hydrogens (primary N) is 1. The van der Waals surface area contributed by atoms with Gasteiger partial charge >= 0.3 is 0 Å². The van der Waals surface area contributed by atoms with Crippen molar-refractivity contribution in [2.75, 3.05) is 5.73 Å². The van der Waals surface area contributed by atoms with Crippen molar-refractivity contribution in [1.82, 2.24) is 10.2 Å². The van der Waals surface area contributed by atoms with Gasteiger partial charge in [0.15, 0.2) is 0 Å². The molecule has 1 aliphatic rings. The minimum absolute atomic E-state index is 0.631. The highest BCUT2D eigenvalue weighted by Crippen LogP contribution is 2.35. The summed E-state index contributed by atoms with van der Waals surface area (Å²) in [6.45, 7) is 0. The zero-order valence-electron chi connectivity index (χ0n) is 6.33. The van der Waals surface area contributed by atoms with E-state index in [1.165, 1.54) is 19.3 Å². The summed E-state index contributed by atoms with van der Waals surface area (Å²) >= 11 is 0. The molecule has 58 valence electrons. The van der Waals surface area contributed by atoms with E-state index >= 15 is 0 Å². The first-order valence-corrected chi connectivity index (χ1v) is 3.94. The predicted octanol–water partition coefficient (Wildman–Crippen LogP) is 1.33. The first kappa shape index (κ1) is 6.58. The van der Waals surface area contributed by atoms with Crippen LogP contribution in [0.5, 0.6) is 0 Å². The maximum Gasteiger partial charge on any atom is 0.0726 e. The summed E-state index contributed by atoms with van der Waals surface area (Å²) in [5, 5.41) is 7.84. The van der Waals surface area contributed by atoms with E-state index in [1.54, 1.807) is 6.20 Å². The Balaban J connectivity index is 2.23. The highest BCUT2D eigenvalue weighted by molar-refractivity contribution is 5.35. The van der Waals surface area contributed by atoms with Gasteiger partial charge in [0.2, 0.25) is 0 Å². The lowest BCUT2D eigenvalue weighted by Crippen LogP contribution is -2.11. The second kappa shape index (κ2) is 2.49. The fourth-order valence-corrected chi connectivity index (χ4v) is 1.30. The third kappa shape index (κ3) is 1.18. The van der Waals surface area contributed by atoms with Crippen LogP contribution < -0.4 is 5.73 Å². The highest BCUT2D eigenvalue weighted by Gasteiger charge is 2.20. The predicted molar refractivity (Wildman–Crippen MR) is 43.0 cm³/mol. The molecule has 0 aromatic carbocycles. The quantitative estimate of drug-likeness (QED) is 0.655. The normalized spacial score (nSPS) is 17.8. The van der Waals surface area contributed by atoms with Gasteiger partial charge < -0.3 is 5.73 Å². The fourth-order valence-electron chi connectivity index (χ4n) is 1.30. The molecule has 1 saturated carbocycles. The van der Waals surface area contributed by atoms with Gasteiger partial charge in [-0.3, -0.25) is 0 Å². The maximum absolute atomic E-state index is 5.57. The van der Waals surface area contributed by atoms with E-state index in [-0.39, 0.29) is 0 Å². The average Bonchev–Trinajstić information content (AvgIpc) is 1.83. The van der Waals surface area contributed by atoms with E-state index in [1.807, 2.05) is 6.07 Å². The second-order valence-corrected chi connectivity index (χ2v) is 3.04. The fraction of sp³-hybridized carbons (Fsp3) is 0.500. The van der Waals surface area contributed by atoms with Crippen molar-refractivity contribution in [2.45, 2.75) is 25.2 Å². The summed E-state index contributed by atoms with van der Waals surface area (Å²) in [6, 6.07) is 1.93. The highest BCUT2D eigenvalue weighted by atomic mass is 15.1. The van der Waals surface area contributed by atoms with Crippen LogP contribution in [0.1, 0.15) is 30.9 Å². The minimum Gasteiger partial charge on any atom is -0.397 e. The van der Waals surface area contributed by atoms with Crippen molar-refractivity contribution in [2.24, 2.45) is 0 Å². The lowest BCUT2D eigenvalue weighted by atomic mass is 9.83. The van der Waals surface area contributed by atoms with Gasteiger partial charge in [0.25, 0.3) is 0 Å². The molecule has 0 atom stereocenters. The smallest absolute Gasteiger partial charge is 0.0726 e. The Morgan fingerprint density at radius 2 is 2.27 bits per heavy atom. The van der Waals surface area contributed by atoms with Gasteiger partial charge in [0.05, 0.1) is 17.6 Å². The van der Waals surface area contributed by atoms with Crippen LogP contribution in [0.3, 0.4) is 0 Å². The van der Waals surface area contributed by atoms with E-state index in [9.17, 15) is 0 Å². The van der Waals surface area contributed by atoms with Crippen molar-refractivity contribution >= 4 is 5.69 Å². The molecule has 1 aliphatic carbocycles. The first-order valence-electron chi connectivity index (χ1n) is 3.94.